The van der Waals surface area contributed by atoms with E-state index in [0.29, 0.717) is 34.5 Å². The number of carbonyl (C=O) groups is 3. The number of hydrogen-bond donors (Lipinski definition) is 5. The van der Waals surface area contributed by atoms with E-state index in [1.165, 1.54) is 31.9 Å². The van der Waals surface area contributed by atoms with Gasteiger partial charge in [0.25, 0.3) is 0 Å². The first-order valence-electron chi connectivity index (χ1n) is 20.6. The van der Waals surface area contributed by atoms with Crippen molar-refractivity contribution in [1.29, 1.82) is 0 Å². The zero-order chi connectivity index (χ0) is 41.1. The molecule has 1 saturated heterocycles. The maximum absolute atomic E-state index is 14.4. The Labute approximate surface area is 335 Å². The molecule has 3 aromatic heterocycles. The van der Waals surface area contributed by atoms with E-state index in [1.807, 2.05) is 45.1 Å². The summed E-state index contributed by atoms with van der Waals surface area (Å²) in [7, 11) is 1.31. The number of nitrogens with one attached hydrogen (secondary N) is 4. The summed E-state index contributed by atoms with van der Waals surface area (Å²) in [6.07, 6.45) is 18.1. The van der Waals surface area contributed by atoms with Crippen molar-refractivity contribution in [3.8, 4) is 0 Å². The fourth-order valence-electron chi connectivity index (χ4n) is 9.32. The van der Waals surface area contributed by atoms with E-state index < -0.39 is 17.9 Å². The van der Waals surface area contributed by atoms with E-state index in [0.717, 1.165) is 80.8 Å². The highest BCUT2D eigenvalue weighted by Gasteiger charge is 2.49. The van der Waals surface area contributed by atoms with Crippen LogP contribution in [0, 0.1) is 37.5 Å². The Kier molecular flexibility index (Phi) is 12.7. The number of carbonyl (C=O) groups excluding carboxylic acids is 3. The van der Waals surface area contributed by atoms with E-state index in [9.17, 15) is 19.5 Å². The number of aromatic nitrogens is 3. The van der Waals surface area contributed by atoms with Crippen molar-refractivity contribution in [3.63, 3.8) is 0 Å². The fraction of sp³-hybridized carbons (Fsp3) is 0.468. The van der Waals surface area contributed by atoms with Crippen molar-refractivity contribution in [3.05, 3.63) is 90.1 Å². The molecule has 3 aromatic rings. The molecule has 8 bridgehead atoms. The number of hydrogen-bond acceptors (Lipinski definition) is 7. The molecule has 2 aliphatic heterocycles. The van der Waals surface area contributed by atoms with Gasteiger partial charge in [-0.25, -0.2) is 0 Å². The molecular formula is C47H60N4O6. The fourth-order valence-corrected chi connectivity index (χ4v) is 9.32. The summed E-state index contributed by atoms with van der Waals surface area (Å²) in [5.41, 5.74) is 9.29. The van der Waals surface area contributed by atoms with E-state index in [4.69, 9.17) is 9.47 Å². The number of ether oxygens (including phenoxy) is 2. The van der Waals surface area contributed by atoms with Gasteiger partial charge in [0.15, 0.2) is 5.78 Å². The van der Waals surface area contributed by atoms with Crippen LogP contribution in [0.1, 0.15) is 129 Å². The molecule has 10 heteroatoms. The second-order valence-electron chi connectivity index (χ2n) is 16.2. The van der Waals surface area contributed by atoms with Crippen LogP contribution in [0.2, 0.25) is 0 Å². The first-order valence-corrected chi connectivity index (χ1v) is 20.6. The molecular weight excluding hydrogens is 717 g/mol. The van der Waals surface area contributed by atoms with Crippen molar-refractivity contribution in [2.75, 3.05) is 13.7 Å². The third kappa shape index (κ3) is 8.00. The maximum Gasteiger partial charge on any atom is 0.320 e. The van der Waals surface area contributed by atoms with Crippen LogP contribution in [0.4, 0.5) is 0 Å². The van der Waals surface area contributed by atoms with Gasteiger partial charge in [0, 0.05) is 56.8 Å². The molecule has 5 heterocycles. The molecule has 1 fully saturated rings. The van der Waals surface area contributed by atoms with Crippen molar-refractivity contribution in [2.45, 2.75) is 106 Å². The Morgan fingerprint density at radius 1 is 1.00 bits per heavy atom. The quantitative estimate of drug-likeness (QED) is 0.0762. The van der Waals surface area contributed by atoms with Gasteiger partial charge in [0.05, 0.1) is 30.1 Å². The molecule has 10 nitrogen and oxygen atoms in total. The topological polar surface area (TPSA) is 149 Å². The van der Waals surface area contributed by atoms with Crippen LogP contribution in [0.5, 0.6) is 0 Å². The molecule has 0 saturated carbocycles. The second-order valence-corrected chi connectivity index (χ2v) is 16.2. The zero-order valence-electron chi connectivity index (χ0n) is 34.9. The number of rotatable bonds is 14. The molecule has 57 heavy (non-hydrogen) atoms. The van der Waals surface area contributed by atoms with Crippen LogP contribution in [0.3, 0.4) is 0 Å². The number of Topliss-reactive ketones (excluding diaryl/α,β-unsaturated/α-hetero) is 1. The molecule has 0 amide bonds. The predicted octanol–water partition coefficient (Wildman–Crippen LogP) is 6.04. The van der Waals surface area contributed by atoms with Gasteiger partial charge in [0.2, 0.25) is 0 Å². The van der Waals surface area contributed by atoms with Gasteiger partial charge in [-0.05, 0) is 105 Å². The third-order valence-electron chi connectivity index (χ3n) is 12.6. The lowest BCUT2D eigenvalue weighted by atomic mass is 9.80. The van der Waals surface area contributed by atoms with Crippen molar-refractivity contribution < 1.29 is 29.0 Å². The molecule has 0 spiro atoms. The highest BCUT2D eigenvalue weighted by atomic mass is 16.5. The molecule has 1 unspecified atom stereocenters. The van der Waals surface area contributed by atoms with E-state index in [1.54, 1.807) is 0 Å². The summed E-state index contributed by atoms with van der Waals surface area (Å²) in [5, 5.41) is 16.9. The van der Waals surface area contributed by atoms with Gasteiger partial charge in [0.1, 0.15) is 12.5 Å². The van der Waals surface area contributed by atoms with Gasteiger partial charge in [-0.1, -0.05) is 65.2 Å². The summed E-state index contributed by atoms with van der Waals surface area (Å²) in [6.45, 7) is 19.1. The Bertz CT molecular complexity index is 2380. The summed E-state index contributed by atoms with van der Waals surface area (Å²) in [4.78, 5) is 51.9. The largest absolute Gasteiger partial charge is 0.515 e. The van der Waals surface area contributed by atoms with Gasteiger partial charge in [-0.3, -0.25) is 14.4 Å². The summed E-state index contributed by atoms with van der Waals surface area (Å²) in [5.74, 6) is -1.88. The van der Waals surface area contributed by atoms with Crippen LogP contribution in [0.15, 0.2) is 23.9 Å². The number of aliphatic hydroxyl groups is 1. The normalized spacial score (nSPS) is 22.9. The number of esters is 2. The number of aromatic amines is 3. The third-order valence-corrected chi connectivity index (χ3v) is 12.6. The molecule has 304 valence electrons. The van der Waals surface area contributed by atoms with E-state index in [2.05, 4.69) is 60.6 Å². The Morgan fingerprint density at radius 2 is 1.75 bits per heavy atom. The Morgan fingerprint density at radius 3 is 2.44 bits per heavy atom. The predicted molar refractivity (Wildman–Crippen MR) is 227 cm³/mol. The zero-order valence-corrected chi connectivity index (χ0v) is 34.9. The number of fused-ring (bicyclic) bond motifs is 8. The minimum atomic E-state index is -1.14. The summed E-state index contributed by atoms with van der Waals surface area (Å²) < 4.78 is 11.0. The standard InChI is InChI=1S/C47H60N4O6/c1-10-14-25(4)15-13-16-26(5)19-20-57-40(53)18-17-32-28(7)35-21-34-27(6)30(11-2)37(48-34)23-39-33(24-52)31(12-3)38(49-39)22-36-29(8)41-45(51-36)42(44(32)50-35)43(46(41)54)47(55)56-9/h11,19,21-25,28,32,43-44,48-52H,2,10,12-18,20H2,1,3-9H3/b26-19+,33-24-,35-21-,36-22-,39-23-/t25-,28-,32-,43+,44?/m0/s1. The Hall–Kier alpha value is -5.25. The van der Waals surface area contributed by atoms with Gasteiger partial charge in [-0.15, -0.1) is 0 Å². The number of H-pyrrole nitrogens is 3. The van der Waals surface area contributed by atoms with Crippen LogP contribution in [0.25, 0.3) is 36.1 Å². The molecule has 6 rings (SSSR count). The maximum atomic E-state index is 14.4. The smallest absolute Gasteiger partial charge is 0.320 e. The number of methoxy groups -OCH3 is 1. The molecule has 1 aliphatic carbocycles. The lowest BCUT2D eigenvalue weighted by molar-refractivity contribution is -0.143. The van der Waals surface area contributed by atoms with Gasteiger partial charge in [-0.2, -0.15) is 0 Å². The van der Waals surface area contributed by atoms with Crippen molar-refractivity contribution >= 4 is 53.9 Å². The minimum Gasteiger partial charge on any atom is -0.515 e. The molecule has 5 N–H and O–H groups in total. The van der Waals surface area contributed by atoms with Crippen molar-refractivity contribution in [2.24, 2.45) is 23.7 Å². The Balaban J connectivity index is 1.43. The first kappa shape index (κ1) is 41.4. The average Bonchev–Trinajstić information content (AvgIpc) is 3.94. The average molecular weight is 777 g/mol. The van der Waals surface area contributed by atoms with E-state index >= 15 is 0 Å². The summed E-state index contributed by atoms with van der Waals surface area (Å²) in [6, 6.07) is -0.469. The van der Waals surface area contributed by atoms with Gasteiger partial charge >= 0.3 is 11.9 Å². The highest BCUT2D eigenvalue weighted by molar-refractivity contribution is 6.19. The van der Waals surface area contributed by atoms with Crippen LogP contribution in [-0.4, -0.2) is 57.5 Å². The number of ketones is 1. The first-order chi connectivity index (χ1) is 27.4. The molecule has 5 atom stereocenters. The summed E-state index contributed by atoms with van der Waals surface area (Å²) >= 11 is 0. The lowest BCUT2D eigenvalue weighted by Gasteiger charge is -2.25. The minimum absolute atomic E-state index is 0.0849. The molecule has 0 aromatic carbocycles. The van der Waals surface area contributed by atoms with Crippen LogP contribution in [-0.2, 0) is 25.5 Å². The molecule has 0 radical (unpaired) electrons. The number of allylic oxidation sites excluding steroid dienone is 2. The van der Waals surface area contributed by atoms with Crippen LogP contribution < -0.4 is 26.6 Å². The van der Waals surface area contributed by atoms with E-state index in [-0.39, 0.29) is 36.6 Å². The van der Waals surface area contributed by atoms with Crippen molar-refractivity contribution in [1.82, 2.24) is 20.3 Å². The SMILES string of the molecule is C=Cc1c2[nH]c(c1C)/C=C1\NC(C3=c4[nH]/c(c(C)c4C(=O)[C@@H]3C(=O)OC)=C\c3[nH]c(/c(=C\O)c3CC)=C\2)[C@@H](CCC(=O)OC/C=C(\C)CCC[C@@H](C)CCC)[C@@H]1C. The van der Waals surface area contributed by atoms with Crippen LogP contribution >= 0.6 is 0 Å². The molecule has 3 aliphatic rings. The lowest BCUT2D eigenvalue weighted by Crippen LogP contribution is -2.38. The number of aliphatic hydroxyl groups excluding tert-OH is 1. The van der Waals surface area contributed by atoms with Gasteiger partial charge < -0.3 is 34.8 Å². The highest BCUT2D eigenvalue weighted by Crippen LogP contribution is 2.42. The monoisotopic (exact) mass is 776 g/mol. The second kappa shape index (κ2) is 17.5.